The molecule has 0 aliphatic carbocycles. The second-order valence-corrected chi connectivity index (χ2v) is 5.39. The maximum Gasteiger partial charge on any atom is 0.244 e. The van der Waals surface area contributed by atoms with Gasteiger partial charge in [-0.25, -0.2) is 9.67 Å². The predicted molar refractivity (Wildman–Crippen MR) is 77.4 cm³/mol. The Kier molecular flexibility index (Phi) is 5.71. The third-order valence-corrected chi connectivity index (χ3v) is 3.79. The number of carbonyl (C=O) groups excluding carboxylic acids is 2. The number of hydrogen-bond donors (Lipinski definition) is 1. The molecule has 0 spiro atoms. The molecule has 1 aliphatic rings. The third kappa shape index (κ3) is 4.54. The second-order valence-electron chi connectivity index (χ2n) is 5.39. The molecule has 116 valence electrons. The van der Waals surface area contributed by atoms with Crippen LogP contribution in [0.4, 0.5) is 0 Å². The van der Waals surface area contributed by atoms with Crippen LogP contribution in [-0.4, -0.2) is 51.1 Å². The Bertz CT molecular complexity index is 460. The molecule has 7 heteroatoms. The lowest BCUT2D eigenvalue weighted by Crippen LogP contribution is -2.35. The molecular formula is C14H23N5O2. The zero-order valence-electron chi connectivity index (χ0n) is 12.5. The zero-order chi connectivity index (χ0) is 15.1. The van der Waals surface area contributed by atoms with Crippen molar-refractivity contribution in [1.82, 2.24) is 25.0 Å². The quantitative estimate of drug-likeness (QED) is 0.785. The lowest BCUT2D eigenvalue weighted by atomic mass is 10.2. The van der Waals surface area contributed by atoms with Gasteiger partial charge in [0, 0.05) is 26.1 Å². The standard InChI is InChI=1S/C14H23N5O2/c1-12(19-11-15-10-17-19)14(21)16-7-5-9-18-8-4-2-3-6-13(18)20/h10-12H,2-9H2,1H3,(H,16,21)/t12-/m1/s1. The van der Waals surface area contributed by atoms with Crippen molar-refractivity contribution in [2.75, 3.05) is 19.6 Å². The highest BCUT2D eigenvalue weighted by atomic mass is 16.2. The molecule has 1 aliphatic heterocycles. The van der Waals surface area contributed by atoms with Crippen molar-refractivity contribution in [2.45, 2.75) is 45.1 Å². The lowest BCUT2D eigenvalue weighted by Gasteiger charge is -2.20. The molecule has 0 saturated carbocycles. The number of rotatable bonds is 6. The molecule has 0 radical (unpaired) electrons. The second kappa shape index (κ2) is 7.75. The molecule has 2 heterocycles. The molecule has 1 aromatic rings. The largest absolute Gasteiger partial charge is 0.354 e. The van der Waals surface area contributed by atoms with Crippen LogP contribution < -0.4 is 5.32 Å². The van der Waals surface area contributed by atoms with Crippen molar-refractivity contribution in [3.8, 4) is 0 Å². The highest BCUT2D eigenvalue weighted by molar-refractivity contribution is 5.79. The fourth-order valence-electron chi connectivity index (χ4n) is 2.44. The molecule has 2 amide bonds. The van der Waals surface area contributed by atoms with Gasteiger partial charge >= 0.3 is 0 Å². The van der Waals surface area contributed by atoms with E-state index in [9.17, 15) is 9.59 Å². The van der Waals surface area contributed by atoms with Gasteiger partial charge in [-0.05, 0) is 26.2 Å². The first-order chi connectivity index (χ1) is 10.2. The number of carbonyl (C=O) groups is 2. The summed E-state index contributed by atoms with van der Waals surface area (Å²) in [5.74, 6) is 0.164. The number of amides is 2. The van der Waals surface area contributed by atoms with Crippen molar-refractivity contribution in [3.05, 3.63) is 12.7 Å². The minimum absolute atomic E-state index is 0.0808. The maximum absolute atomic E-state index is 11.9. The SMILES string of the molecule is C[C@H](C(=O)NCCCN1CCCCCC1=O)n1cncn1. The summed E-state index contributed by atoms with van der Waals surface area (Å²) in [5, 5.41) is 6.83. The van der Waals surface area contributed by atoms with Crippen LogP contribution in [0.1, 0.15) is 45.1 Å². The van der Waals surface area contributed by atoms with Crippen molar-refractivity contribution in [1.29, 1.82) is 0 Å². The smallest absolute Gasteiger partial charge is 0.244 e. The number of aromatic nitrogens is 3. The van der Waals surface area contributed by atoms with Crippen LogP contribution in [0.3, 0.4) is 0 Å². The van der Waals surface area contributed by atoms with Crippen molar-refractivity contribution in [2.24, 2.45) is 0 Å². The fraction of sp³-hybridized carbons (Fsp3) is 0.714. The molecule has 0 bridgehead atoms. The number of nitrogens with zero attached hydrogens (tertiary/aromatic N) is 4. The van der Waals surface area contributed by atoms with Crippen LogP contribution in [0.25, 0.3) is 0 Å². The van der Waals surface area contributed by atoms with Crippen molar-refractivity contribution in [3.63, 3.8) is 0 Å². The summed E-state index contributed by atoms with van der Waals surface area (Å²) >= 11 is 0. The van der Waals surface area contributed by atoms with E-state index in [-0.39, 0.29) is 17.9 Å². The van der Waals surface area contributed by atoms with E-state index in [0.29, 0.717) is 13.0 Å². The number of hydrogen-bond acceptors (Lipinski definition) is 4. The molecule has 1 aromatic heterocycles. The highest BCUT2D eigenvalue weighted by Gasteiger charge is 2.17. The van der Waals surface area contributed by atoms with Gasteiger partial charge in [0.1, 0.15) is 18.7 Å². The molecule has 0 aromatic carbocycles. The monoisotopic (exact) mass is 293 g/mol. The molecule has 1 fully saturated rings. The Morgan fingerprint density at radius 2 is 2.29 bits per heavy atom. The van der Waals surface area contributed by atoms with Gasteiger partial charge in [0.15, 0.2) is 0 Å². The maximum atomic E-state index is 11.9. The van der Waals surface area contributed by atoms with E-state index in [2.05, 4.69) is 15.4 Å². The molecule has 1 atom stereocenters. The molecule has 1 saturated heterocycles. The van der Waals surface area contributed by atoms with Gasteiger partial charge in [0.05, 0.1) is 0 Å². The first kappa shape index (κ1) is 15.5. The molecule has 0 unspecified atom stereocenters. The summed E-state index contributed by atoms with van der Waals surface area (Å²) in [6.45, 7) is 3.92. The molecule has 1 N–H and O–H groups in total. The minimum atomic E-state index is -0.368. The fourth-order valence-corrected chi connectivity index (χ4v) is 2.44. The van der Waals surface area contributed by atoms with Gasteiger partial charge < -0.3 is 10.2 Å². The lowest BCUT2D eigenvalue weighted by molar-refractivity contribution is -0.130. The van der Waals surface area contributed by atoms with Crippen LogP contribution >= 0.6 is 0 Å². The van der Waals surface area contributed by atoms with E-state index < -0.39 is 0 Å². The average Bonchev–Trinajstić information content (AvgIpc) is 2.94. The normalized spacial score (nSPS) is 17.4. The summed E-state index contributed by atoms with van der Waals surface area (Å²) < 4.78 is 1.52. The Balaban J connectivity index is 1.67. The van der Waals surface area contributed by atoms with Crippen LogP contribution in [0.5, 0.6) is 0 Å². The van der Waals surface area contributed by atoms with E-state index in [4.69, 9.17) is 0 Å². The van der Waals surface area contributed by atoms with E-state index in [1.54, 1.807) is 6.92 Å². The van der Waals surface area contributed by atoms with E-state index in [1.165, 1.54) is 17.3 Å². The van der Waals surface area contributed by atoms with Crippen LogP contribution in [0, 0.1) is 0 Å². The summed E-state index contributed by atoms with van der Waals surface area (Å²) in [4.78, 5) is 29.5. The Morgan fingerprint density at radius 3 is 3.05 bits per heavy atom. The Hall–Kier alpha value is -1.92. The van der Waals surface area contributed by atoms with E-state index in [0.717, 1.165) is 38.8 Å². The van der Waals surface area contributed by atoms with Gasteiger partial charge in [-0.2, -0.15) is 5.10 Å². The van der Waals surface area contributed by atoms with Gasteiger partial charge in [0.25, 0.3) is 0 Å². The van der Waals surface area contributed by atoms with Gasteiger partial charge in [0.2, 0.25) is 11.8 Å². The molecule has 7 nitrogen and oxygen atoms in total. The van der Waals surface area contributed by atoms with Crippen molar-refractivity contribution < 1.29 is 9.59 Å². The summed E-state index contributed by atoms with van der Waals surface area (Å²) in [6.07, 6.45) is 7.60. The van der Waals surface area contributed by atoms with Gasteiger partial charge in [-0.3, -0.25) is 9.59 Å². The van der Waals surface area contributed by atoms with E-state index in [1.807, 2.05) is 4.90 Å². The zero-order valence-corrected chi connectivity index (χ0v) is 12.5. The average molecular weight is 293 g/mol. The van der Waals surface area contributed by atoms with Crippen molar-refractivity contribution >= 4 is 11.8 Å². The number of nitrogens with one attached hydrogen (secondary N) is 1. The first-order valence-electron chi connectivity index (χ1n) is 7.58. The minimum Gasteiger partial charge on any atom is -0.354 e. The summed E-state index contributed by atoms with van der Waals surface area (Å²) in [5.41, 5.74) is 0. The van der Waals surface area contributed by atoms with Gasteiger partial charge in [-0.1, -0.05) is 6.42 Å². The predicted octanol–water partition coefficient (Wildman–Crippen LogP) is 0.748. The van der Waals surface area contributed by atoms with Gasteiger partial charge in [-0.15, -0.1) is 0 Å². The van der Waals surface area contributed by atoms with Crippen LogP contribution in [-0.2, 0) is 9.59 Å². The summed E-state index contributed by atoms with van der Waals surface area (Å²) in [7, 11) is 0. The highest BCUT2D eigenvalue weighted by Crippen LogP contribution is 2.11. The molecule has 2 rings (SSSR count). The topological polar surface area (TPSA) is 80.1 Å². The third-order valence-electron chi connectivity index (χ3n) is 3.79. The molecule has 21 heavy (non-hydrogen) atoms. The number of likely N-dealkylation sites (tertiary alicyclic amines) is 1. The van der Waals surface area contributed by atoms with Crippen LogP contribution in [0.2, 0.25) is 0 Å². The first-order valence-corrected chi connectivity index (χ1v) is 7.58. The summed E-state index contributed by atoms with van der Waals surface area (Å²) in [6, 6.07) is -0.368. The Morgan fingerprint density at radius 1 is 1.43 bits per heavy atom. The van der Waals surface area contributed by atoms with E-state index >= 15 is 0 Å². The Labute approximate surface area is 124 Å². The molecular weight excluding hydrogens is 270 g/mol. The van der Waals surface area contributed by atoms with Crippen LogP contribution in [0.15, 0.2) is 12.7 Å².